The van der Waals surface area contributed by atoms with Crippen molar-refractivity contribution in [3.63, 3.8) is 0 Å². The Kier molecular flexibility index (Phi) is 4.25. The standard InChI is InChI=1S/C7H4Br3F2N/c8-1-4-6(10)5(7(11)12)3(9)2-13-4/h2,7H,1H2. The smallest absolute Gasteiger partial charge is 0.258 e. The van der Waals surface area contributed by atoms with E-state index in [0.717, 1.165) is 0 Å². The Labute approximate surface area is 99.3 Å². The van der Waals surface area contributed by atoms with Crippen LogP contribution in [0.15, 0.2) is 15.1 Å². The molecule has 0 amide bonds. The molecule has 72 valence electrons. The van der Waals surface area contributed by atoms with Crippen LogP contribution >= 0.6 is 47.8 Å². The quantitative estimate of drug-likeness (QED) is 0.692. The SMILES string of the molecule is FC(F)c1c(Br)cnc(CBr)c1Br. The van der Waals surface area contributed by atoms with Crippen molar-refractivity contribution in [1.29, 1.82) is 0 Å². The first-order chi connectivity index (χ1) is 6.07. The first kappa shape index (κ1) is 11.5. The maximum Gasteiger partial charge on any atom is 0.266 e. The van der Waals surface area contributed by atoms with Crippen LogP contribution in [0.4, 0.5) is 8.78 Å². The molecule has 1 aromatic rings. The van der Waals surface area contributed by atoms with Crippen LogP contribution in [0.1, 0.15) is 17.7 Å². The Morgan fingerprint density at radius 3 is 2.46 bits per heavy atom. The van der Waals surface area contributed by atoms with Gasteiger partial charge in [0.15, 0.2) is 0 Å². The van der Waals surface area contributed by atoms with Crippen LogP contribution in [0.3, 0.4) is 0 Å². The molecule has 0 fully saturated rings. The average Bonchev–Trinajstić information content (AvgIpc) is 2.04. The van der Waals surface area contributed by atoms with Crippen molar-refractivity contribution < 1.29 is 8.78 Å². The van der Waals surface area contributed by atoms with Gasteiger partial charge in [0, 0.05) is 26.0 Å². The van der Waals surface area contributed by atoms with Gasteiger partial charge in [0.05, 0.1) is 5.69 Å². The zero-order valence-electron chi connectivity index (χ0n) is 6.20. The van der Waals surface area contributed by atoms with Gasteiger partial charge in [-0.1, -0.05) is 15.9 Å². The number of aromatic nitrogens is 1. The second kappa shape index (κ2) is 4.79. The Hall–Kier alpha value is 0.450. The molecular formula is C7H4Br3F2N. The molecule has 0 saturated carbocycles. The average molecular weight is 380 g/mol. The second-order valence-electron chi connectivity index (χ2n) is 2.21. The highest BCUT2D eigenvalue weighted by Gasteiger charge is 2.18. The summed E-state index contributed by atoms with van der Waals surface area (Å²) in [7, 11) is 0. The fraction of sp³-hybridized carbons (Fsp3) is 0.286. The molecule has 0 aliphatic rings. The normalized spacial score (nSPS) is 10.9. The van der Waals surface area contributed by atoms with Crippen LogP contribution in [-0.2, 0) is 5.33 Å². The van der Waals surface area contributed by atoms with Crippen molar-refractivity contribution in [3.8, 4) is 0 Å². The third-order valence-electron chi connectivity index (χ3n) is 1.43. The molecule has 0 aliphatic heterocycles. The van der Waals surface area contributed by atoms with Gasteiger partial charge >= 0.3 is 0 Å². The van der Waals surface area contributed by atoms with Gasteiger partial charge in [-0.25, -0.2) is 8.78 Å². The van der Waals surface area contributed by atoms with E-state index >= 15 is 0 Å². The summed E-state index contributed by atoms with van der Waals surface area (Å²) in [5.74, 6) is 0. The monoisotopic (exact) mass is 377 g/mol. The molecule has 1 nitrogen and oxygen atoms in total. The topological polar surface area (TPSA) is 12.9 Å². The summed E-state index contributed by atoms with van der Waals surface area (Å²) in [4.78, 5) is 3.97. The fourth-order valence-corrected chi connectivity index (χ4v) is 2.98. The molecule has 1 aromatic heterocycles. The highest BCUT2D eigenvalue weighted by Crippen LogP contribution is 2.35. The van der Waals surface area contributed by atoms with Crippen molar-refractivity contribution in [2.75, 3.05) is 0 Å². The third kappa shape index (κ3) is 2.47. The van der Waals surface area contributed by atoms with Crippen molar-refractivity contribution in [2.45, 2.75) is 11.8 Å². The van der Waals surface area contributed by atoms with Crippen LogP contribution in [0.2, 0.25) is 0 Å². The summed E-state index contributed by atoms with van der Waals surface area (Å²) >= 11 is 9.28. The van der Waals surface area contributed by atoms with Gasteiger partial charge in [0.25, 0.3) is 6.43 Å². The Morgan fingerprint density at radius 2 is 2.00 bits per heavy atom. The molecule has 0 aliphatic carbocycles. The molecule has 0 atom stereocenters. The van der Waals surface area contributed by atoms with E-state index in [1.165, 1.54) is 6.20 Å². The molecule has 1 heterocycles. The first-order valence-electron chi connectivity index (χ1n) is 3.24. The zero-order chi connectivity index (χ0) is 10.0. The van der Waals surface area contributed by atoms with E-state index in [0.29, 0.717) is 20.0 Å². The van der Waals surface area contributed by atoms with Gasteiger partial charge in [0.2, 0.25) is 0 Å². The van der Waals surface area contributed by atoms with Gasteiger partial charge < -0.3 is 0 Å². The number of nitrogens with zero attached hydrogens (tertiary/aromatic N) is 1. The predicted molar refractivity (Wildman–Crippen MR) is 57.2 cm³/mol. The predicted octanol–water partition coefficient (Wildman–Crippen LogP) is 4.44. The van der Waals surface area contributed by atoms with Crippen LogP contribution in [-0.4, -0.2) is 4.98 Å². The Balaban J connectivity index is 3.30. The summed E-state index contributed by atoms with van der Waals surface area (Å²) in [6.07, 6.45) is -1.13. The Bertz CT molecular complexity index is 317. The first-order valence-corrected chi connectivity index (χ1v) is 5.95. The molecular weight excluding hydrogens is 376 g/mol. The van der Waals surface area contributed by atoms with Gasteiger partial charge in [-0.3, -0.25) is 4.98 Å². The lowest BCUT2D eigenvalue weighted by molar-refractivity contribution is 0.149. The van der Waals surface area contributed by atoms with Crippen LogP contribution < -0.4 is 0 Å². The molecule has 0 aromatic carbocycles. The Morgan fingerprint density at radius 1 is 1.38 bits per heavy atom. The van der Waals surface area contributed by atoms with E-state index in [2.05, 4.69) is 52.8 Å². The number of halogens is 5. The van der Waals surface area contributed by atoms with Crippen molar-refractivity contribution in [2.24, 2.45) is 0 Å². The lowest BCUT2D eigenvalue weighted by Crippen LogP contribution is -1.95. The number of rotatable bonds is 2. The maximum absolute atomic E-state index is 12.5. The van der Waals surface area contributed by atoms with Gasteiger partial charge in [0.1, 0.15) is 0 Å². The molecule has 0 unspecified atom stereocenters. The number of alkyl halides is 3. The van der Waals surface area contributed by atoms with Gasteiger partial charge in [-0.15, -0.1) is 0 Å². The van der Waals surface area contributed by atoms with E-state index in [-0.39, 0.29) is 5.56 Å². The summed E-state index contributed by atoms with van der Waals surface area (Å²) < 4.78 is 25.7. The maximum atomic E-state index is 12.5. The van der Waals surface area contributed by atoms with Crippen LogP contribution in [0.5, 0.6) is 0 Å². The summed E-state index contributed by atoms with van der Waals surface area (Å²) in [6, 6.07) is 0. The minimum absolute atomic E-state index is 0.0514. The van der Waals surface area contributed by atoms with Crippen molar-refractivity contribution >= 4 is 47.8 Å². The van der Waals surface area contributed by atoms with Crippen LogP contribution in [0, 0.1) is 0 Å². The summed E-state index contributed by atoms with van der Waals surface area (Å²) in [5.41, 5.74) is 0.517. The second-order valence-corrected chi connectivity index (χ2v) is 4.42. The van der Waals surface area contributed by atoms with Gasteiger partial charge in [-0.2, -0.15) is 0 Å². The summed E-state index contributed by atoms with van der Waals surface area (Å²) in [5, 5.41) is 0.445. The highest BCUT2D eigenvalue weighted by molar-refractivity contribution is 9.11. The molecule has 6 heteroatoms. The third-order valence-corrected chi connectivity index (χ3v) is 3.47. The molecule has 0 radical (unpaired) electrons. The van der Waals surface area contributed by atoms with Gasteiger partial charge in [-0.05, 0) is 31.9 Å². The molecule has 1 rings (SSSR count). The molecule has 0 saturated heterocycles. The zero-order valence-corrected chi connectivity index (χ0v) is 11.0. The van der Waals surface area contributed by atoms with E-state index < -0.39 is 6.43 Å². The largest absolute Gasteiger partial charge is 0.266 e. The van der Waals surface area contributed by atoms with E-state index in [1.54, 1.807) is 0 Å². The lowest BCUT2D eigenvalue weighted by Gasteiger charge is -2.08. The van der Waals surface area contributed by atoms with Crippen molar-refractivity contribution in [1.82, 2.24) is 4.98 Å². The number of pyridine rings is 1. The molecule has 0 bridgehead atoms. The molecule has 0 N–H and O–H groups in total. The van der Waals surface area contributed by atoms with E-state index in [9.17, 15) is 8.78 Å². The number of hydrogen-bond acceptors (Lipinski definition) is 1. The highest BCUT2D eigenvalue weighted by atomic mass is 79.9. The molecule has 13 heavy (non-hydrogen) atoms. The van der Waals surface area contributed by atoms with Crippen molar-refractivity contribution in [3.05, 3.63) is 26.4 Å². The van der Waals surface area contributed by atoms with Crippen LogP contribution in [0.25, 0.3) is 0 Å². The molecule has 0 spiro atoms. The van der Waals surface area contributed by atoms with E-state index in [1.807, 2.05) is 0 Å². The fourth-order valence-electron chi connectivity index (χ4n) is 0.814. The summed E-state index contributed by atoms with van der Waals surface area (Å²) in [6.45, 7) is 0. The number of hydrogen-bond donors (Lipinski definition) is 0. The minimum atomic E-state index is -2.51. The lowest BCUT2D eigenvalue weighted by atomic mass is 10.2. The van der Waals surface area contributed by atoms with E-state index in [4.69, 9.17) is 0 Å². The minimum Gasteiger partial charge on any atom is -0.258 e.